The summed E-state index contributed by atoms with van der Waals surface area (Å²) < 4.78 is 61.6. The number of alkyl halides is 3. The summed E-state index contributed by atoms with van der Waals surface area (Å²) in [5.74, 6) is -0.125. The summed E-state index contributed by atoms with van der Waals surface area (Å²) in [6, 6.07) is 5.27. The Bertz CT molecular complexity index is 634. The molecule has 0 heterocycles. The fraction of sp³-hybridized carbons (Fsp3) is 0.462. The lowest BCUT2D eigenvalue weighted by molar-refractivity contribution is -0.274. The van der Waals surface area contributed by atoms with Crippen molar-refractivity contribution in [1.29, 1.82) is 0 Å². The van der Waals surface area contributed by atoms with E-state index in [0.717, 1.165) is 6.26 Å². The van der Waals surface area contributed by atoms with Gasteiger partial charge in [-0.3, -0.25) is 0 Å². The van der Waals surface area contributed by atoms with Crippen LogP contribution in [0.5, 0.6) is 5.75 Å². The van der Waals surface area contributed by atoms with E-state index in [2.05, 4.69) is 15.0 Å². The highest BCUT2D eigenvalue weighted by Crippen LogP contribution is 2.22. The fourth-order valence-corrected chi connectivity index (χ4v) is 2.25. The molecule has 1 aromatic rings. The molecule has 0 aliphatic heterocycles. The first kappa shape index (κ1) is 22.8. The minimum atomic E-state index is -4.72. The van der Waals surface area contributed by atoms with Gasteiger partial charge in [0.15, 0.2) is 5.96 Å². The highest BCUT2D eigenvalue weighted by Gasteiger charge is 2.30. The number of ether oxygens (including phenoxy) is 1. The Balaban J connectivity index is 0.00000529. The number of hydrogen-bond donors (Lipinski definition) is 2. The van der Waals surface area contributed by atoms with Gasteiger partial charge in [-0.15, -0.1) is 37.1 Å². The van der Waals surface area contributed by atoms with Crippen LogP contribution < -0.4 is 15.8 Å². The molecule has 0 aliphatic rings. The van der Waals surface area contributed by atoms with E-state index >= 15 is 0 Å². The summed E-state index contributed by atoms with van der Waals surface area (Å²) in [7, 11) is -3.01. The van der Waals surface area contributed by atoms with Gasteiger partial charge in [-0.2, -0.15) is 0 Å². The number of benzene rings is 1. The molecule has 0 saturated carbocycles. The van der Waals surface area contributed by atoms with Gasteiger partial charge in [-0.1, -0.05) is 12.1 Å². The molecule has 0 bridgehead atoms. The maximum Gasteiger partial charge on any atom is 0.573 e. The Kier molecular flexibility index (Phi) is 9.40. The van der Waals surface area contributed by atoms with E-state index in [9.17, 15) is 21.6 Å². The van der Waals surface area contributed by atoms with Gasteiger partial charge in [-0.25, -0.2) is 13.4 Å². The maximum absolute atomic E-state index is 12.0. The SMILES string of the molecule is CS(=O)(=O)CCCNC(N)=NCc1ccc(OC(F)(F)F)cc1.I. The molecule has 3 N–H and O–H groups in total. The van der Waals surface area contributed by atoms with Crippen molar-refractivity contribution in [3.05, 3.63) is 29.8 Å². The summed E-state index contributed by atoms with van der Waals surface area (Å²) in [6.07, 6.45) is -3.17. The topological polar surface area (TPSA) is 93.8 Å². The van der Waals surface area contributed by atoms with Gasteiger partial charge in [0.2, 0.25) is 0 Å². The van der Waals surface area contributed by atoms with Crippen molar-refractivity contribution in [1.82, 2.24) is 5.32 Å². The van der Waals surface area contributed by atoms with E-state index in [1.807, 2.05) is 0 Å². The molecular weight excluding hydrogens is 462 g/mol. The van der Waals surface area contributed by atoms with Crippen LogP contribution in [0.4, 0.5) is 13.2 Å². The molecule has 0 saturated heterocycles. The van der Waals surface area contributed by atoms with Gasteiger partial charge >= 0.3 is 6.36 Å². The van der Waals surface area contributed by atoms with Crippen molar-refractivity contribution in [2.75, 3.05) is 18.6 Å². The third-order valence-electron chi connectivity index (χ3n) is 2.59. The first-order valence-electron chi connectivity index (χ1n) is 6.61. The standard InChI is InChI=1S/C13H18F3N3O3S.HI/c1-23(20,21)8-2-7-18-12(17)19-9-10-3-5-11(6-4-10)22-13(14,15)16;/h3-6H,2,7-9H2,1H3,(H3,17,18,19);1H. The lowest BCUT2D eigenvalue weighted by atomic mass is 10.2. The molecule has 0 atom stereocenters. The van der Waals surface area contributed by atoms with Gasteiger partial charge in [0.1, 0.15) is 15.6 Å². The number of guanidine groups is 1. The summed E-state index contributed by atoms with van der Waals surface area (Å²) >= 11 is 0. The Hall–Kier alpha value is -1.24. The second-order valence-electron chi connectivity index (χ2n) is 4.80. The summed E-state index contributed by atoms with van der Waals surface area (Å²) in [5, 5.41) is 2.76. The molecule has 0 aliphatic carbocycles. The van der Waals surface area contributed by atoms with Crippen molar-refractivity contribution >= 4 is 39.8 Å². The van der Waals surface area contributed by atoms with Crippen LogP contribution in [0, 0.1) is 0 Å². The molecule has 0 spiro atoms. The zero-order valence-electron chi connectivity index (χ0n) is 12.8. The minimum absolute atomic E-state index is 0. The van der Waals surface area contributed by atoms with Crippen molar-refractivity contribution in [3.8, 4) is 5.75 Å². The van der Waals surface area contributed by atoms with E-state index in [4.69, 9.17) is 5.73 Å². The zero-order chi connectivity index (χ0) is 17.5. The highest BCUT2D eigenvalue weighted by atomic mass is 127. The van der Waals surface area contributed by atoms with E-state index in [-0.39, 0.29) is 48.0 Å². The maximum atomic E-state index is 12.0. The number of sulfone groups is 1. The van der Waals surface area contributed by atoms with E-state index in [0.29, 0.717) is 18.5 Å². The van der Waals surface area contributed by atoms with Crippen LogP contribution in [0.3, 0.4) is 0 Å². The Morgan fingerprint density at radius 1 is 1.29 bits per heavy atom. The highest BCUT2D eigenvalue weighted by molar-refractivity contribution is 14.0. The van der Waals surface area contributed by atoms with Crippen LogP contribution in [0.15, 0.2) is 29.3 Å². The third kappa shape index (κ3) is 11.3. The summed E-state index contributed by atoms with van der Waals surface area (Å²) in [6.45, 7) is 0.540. The Labute approximate surface area is 155 Å². The molecular formula is C13H19F3IN3O3S. The van der Waals surface area contributed by atoms with E-state index in [1.165, 1.54) is 24.3 Å². The molecule has 0 fully saturated rings. The van der Waals surface area contributed by atoms with Crippen LogP contribution >= 0.6 is 24.0 Å². The normalized spacial score (nSPS) is 12.4. The van der Waals surface area contributed by atoms with Crippen molar-refractivity contribution in [2.24, 2.45) is 10.7 Å². The number of rotatable bonds is 7. The average molecular weight is 481 g/mol. The molecule has 0 radical (unpaired) electrons. The van der Waals surface area contributed by atoms with Crippen LogP contribution in [-0.4, -0.2) is 39.3 Å². The predicted molar refractivity (Wildman–Crippen MR) is 96.2 cm³/mol. The van der Waals surface area contributed by atoms with E-state index < -0.39 is 16.2 Å². The van der Waals surface area contributed by atoms with Crippen LogP contribution in [0.2, 0.25) is 0 Å². The Morgan fingerprint density at radius 3 is 2.38 bits per heavy atom. The number of nitrogens with two attached hydrogens (primary N) is 1. The molecule has 0 aromatic heterocycles. The number of nitrogens with zero attached hydrogens (tertiary/aromatic N) is 1. The van der Waals surface area contributed by atoms with Crippen LogP contribution in [0.25, 0.3) is 0 Å². The molecule has 24 heavy (non-hydrogen) atoms. The van der Waals surface area contributed by atoms with E-state index in [1.54, 1.807) is 0 Å². The number of hydrogen-bond acceptors (Lipinski definition) is 4. The van der Waals surface area contributed by atoms with Gasteiger partial charge in [-0.05, 0) is 24.1 Å². The Morgan fingerprint density at radius 2 is 1.88 bits per heavy atom. The largest absolute Gasteiger partial charge is 0.573 e. The fourth-order valence-electron chi connectivity index (χ4n) is 1.58. The lowest BCUT2D eigenvalue weighted by Crippen LogP contribution is -2.33. The molecule has 0 amide bonds. The average Bonchev–Trinajstić information content (AvgIpc) is 2.40. The van der Waals surface area contributed by atoms with Crippen LogP contribution in [-0.2, 0) is 16.4 Å². The molecule has 138 valence electrons. The van der Waals surface area contributed by atoms with Crippen LogP contribution in [0.1, 0.15) is 12.0 Å². The molecule has 6 nitrogen and oxygen atoms in total. The quantitative estimate of drug-likeness (QED) is 0.269. The minimum Gasteiger partial charge on any atom is -0.406 e. The van der Waals surface area contributed by atoms with Crippen molar-refractivity contribution in [2.45, 2.75) is 19.3 Å². The number of aliphatic imine (C=N–C) groups is 1. The second kappa shape index (κ2) is 9.91. The monoisotopic (exact) mass is 481 g/mol. The first-order chi connectivity index (χ1) is 10.6. The predicted octanol–water partition coefficient (Wildman–Crippen LogP) is 2.04. The third-order valence-corrected chi connectivity index (χ3v) is 3.62. The lowest BCUT2D eigenvalue weighted by Gasteiger charge is -2.09. The zero-order valence-corrected chi connectivity index (χ0v) is 16.0. The summed E-state index contributed by atoms with van der Waals surface area (Å²) in [5.41, 5.74) is 6.25. The molecule has 0 unspecified atom stereocenters. The first-order valence-corrected chi connectivity index (χ1v) is 8.67. The van der Waals surface area contributed by atoms with Gasteiger partial charge in [0.25, 0.3) is 0 Å². The smallest absolute Gasteiger partial charge is 0.406 e. The summed E-state index contributed by atoms with van der Waals surface area (Å²) in [4.78, 5) is 4.00. The molecule has 1 aromatic carbocycles. The number of halogens is 4. The van der Waals surface area contributed by atoms with Gasteiger partial charge < -0.3 is 15.8 Å². The second-order valence-corrected chi connectivity index (χ2v) is 7.06. The van der Waals surface area contributed by atoms with Crippen molar-refractivity contribution in [3.63, 3.8) is 0 Å². The van der Waals surface area contributed by atoms with Gasteiger partial charge in [0.05, 0.1) is 12.3 Å². The number of nitrogens with one attached hydrogen (secondary N) is 1. The molecule has 1 rings (SSSR count). The van der Waals surface area contributed by atoms with Gasteiger partial charge in [0, 0.05) is 12.8 Å². The molecule has 11 heteroatoms. The van der Waals surface area contributed by atoms with Crippen molar-refractivity contribution < 1.29 is 26.3 Å².